The highest BCUT2D eigenvalue weighted by Gasteiger charge is 2.34. The number of carbonyl (C=O) groups is 2. The van der Waals surface area contributed by atoms with Gasteiger partial charge in [-0.1, -0.05) is 24.3 Å². The van der Waals surface area contributed by atoms with E-state index in [0.717, 1.165) is 22.8 Å². The summed E-state index contributed by atoms with van der Waals surface area (Å²) in [6.07, 6.45) is 5.15. The number of amides is 2. The molecule has 30 heavy (non-hydrogen) atoms. The minimum atomic E-state index is -0.433. The molecular weight excluding hydrogens is 394 g/mol. The average molecular weight is 418 g/mol. The molecule has 2 aromatic carbocycles. The Morgan fingerprint density at radius 2 is 1.83 bits per heavy atom. The van der Waals surface area contributed by atoms with Crippen molar-refractivity contribution in [2.24, 2.45) is 0 Å². The molecule has 1 aliphatic heterocycles. The Bertz CT molecular complexity index is 994. The van der Waals surface area contributed by atoms with Gasteiger partial charge in [-0.3, -0.25) is 14.6 Å². The van der Waals surface area contributed by atoms with Crippen molar-refractivity contribution < 1.29 is 9.59 Å². The zero-order valence-electron chi connectivity index (χ0n) is 16.5. The van der Waals surface area contributed by atoms with Gasteiger partial charge in [-0.25, -0.2) is 0 Å². The molecule has 1 unspecified atom stereocenters. The van der Waals surface area contributed by atoms with Crippen LogP contribution in [0, 0.1) is 0 Å². The van der Waals surface area contributed by atoms with Crippen LogP contribution in [0.25, 0.3) is 0 Å². The van der Waals surface area contributed by atoms with Gasteiger partial charge < -0.3 is 10.2 Å². The van der Waals surface area contributed by atoms with Crippen LogP contribution < -0.4 is 5.32 Å². The Morgan fingerprint density at radius 3 is 2.57 bits per heavy atom. The number of nitrogens with one attached hydrogen (secondary N) is 1. The molecule has 2 amide bonds. The largest absolute Gasteiger partial charge is 0.327 e. The summed E-state index contributed by atoms with van der Waals surface area (Å²) in [5.74, 6) is 0.626. The summed E-state index contributed by atoms with van der Waals surface area (Å²) < 4.78 is 0. The molecule has 6 heteroatoms. The van der Waals surface area contributed by atoms with Gasteiger partial charge in [-0.05, 0) is 60.9 Å². The third-order valence-electron chi connectivity index (χ3n) is 5.09. The molecule has 5 nitrogen and oxygen atoms in total. The van der Waals surface area contributed by atoms with Crippen LogP contribution in [0.1, 0.15) is 28.8 Å². The predicted molar refractivity (Wildman–Crippen MR) is 119 cm³/mol. The highest BCUT2D eigenvalue weighted by molar-refractivity contribution is 7.98. The van der Waals surface area contributed by atoms with E-state index in [-0.39, 0.29) is 11.8 Å². The Hall–Kier alpha value is -3.12. The summed E-state index contributed by atoms with van der Waals surface area (Å²) >= 11 is 1.72. The zero-order chi connectivity index (χ0) is 20.8. The van der Waals surface area contributed by atoms with Gasteiger partial charge in [0.15, 0.2) is 0 Å². The molecule has 1 N–H and O–H groups in total. The Balaban J connectivity index is 1.35. The number of anilines is 1. The van der Waals surface area contributed by atoms with E-state index >= 15 is 0 Å². The predicted octanol–water partition coefficient (Wildman–Crippen LogP) is 4.62. The summed E-state index contributed by atoms with van der Waals surface area (Å²) in [6, 6.07) is 20.5. The van der Waals surface area contributed by atoms with Crippen LogP contribution in [0.15, 0.2) is 84.0 Å². The fourth-order valence-electron chi connectivity index (χ4n) is 3.54. The van der Waals surface area contributed by atoms with Crippen molar-refractivity contribution in [3.05, 3.63) is 90.3 Å². The third kappa shape index (κ3) is 4.89. The standard InChI is InChI=1S/C24H23N3O2S/c28-23(22-9-5-15-27(22)24(29)19-7-2-1-3-8-19)26-20-10-12-21(13-11-20)30-17-18-6-4-14-25-16-18/h1-4,6-8,10-14,16,22H,5,9,15,17H2,(H,26,28). The summed E-state index contributed by atoms with van der Waals surface area (Å²) in [4.78, 5) is 32.6. The van der Waals surface area contributed by atoms with Crippen molar-refractivity contribution >= 4 is 29.3 Å². The lowest BCUT2D eigenvalue weighted by atomic mass is 10.1. The van der Waals surface area contributed by atoms with E-state index in [0.29, 0.717) is 18.5 Å². The van der Waals surface area contributed by atoms with Crippen LogP contribution >= 0.6 is 11.8 Å². The normalized spacial score (nSPS) is 15.7. The maximum atomic E-state index is 12.8. The number of carbonyl (C=O) groups excluding carboxylic acids is 2. The zero-order valence-corrected chi connectivity index (χ0v) is 17.3. The number of hydrogen-bond acceptors (Lipinski definition) is 4. The molecule has 0 saturated carbocycles. The van der Waals surface area contributed by atoms with E-state index in [1.54, 1.807) is 35.0 Å². The van der Waals surface area contributed by atoms with Gasteiger partial charge in [0.2, 0.25) is 5.91 Å². The summed E-state index contributed by atoms with van der Waals surface area (Å²) in [6.45, 7) is 0.607. The van der Waals surface area contributed by atoms with Gasteiger partial charge in [0.1, 0.15) is 6.04 Å². The van der Waals surface area contributed by atoms with Crippen molar-refractivity contribution in [3.8, 4) is 0 Å². The number of pyridine rings is 1. The van der Waals surface area contributed by atoms with E-state index in [9.17, 15) is 9.59 Å². The topological polar surface area (TPSA) is 62.3 Å². The van der Waals surface area contributed by atoms with Gasteiger partial charge in [-0.2, -0.15) is 0 Å². The first-order valence-corrected chi connectivity index (χ1v) is 11.0. The lowest BCUT2D eigenvalue weighted by Gasteiger charge is -2.24. The summed E-state index contributed by atoms with van der Waals surface area (Å²) in [5, 5.41) is 2.97. The molecule has 2 heterocycles. The van der Waals surface area contributed by atoms with Crippen LogP contribution in [0.2, 0.25) is 0 Å². The smallest absolute Gasteiger partial charge is 0.254 e. The number of aromatic nitrogens is 1. The molecule has 0 spiro atoms. The fourth-order valence-corrected chi connectivity index (χ4v) is 4.37. The van der Waals surface area contributed by atoms with Gasteiger partial charge >= 0.3 is 0 Å². The number of thioether (sulfide) groups is 1. The van der Waals surface area contributed by atoms with Crippen molar-refractivity contribution in [1.82, 2.24) is 9.88 Å². The number of likely N-dealkylation sites (tertiary alicyclic amines) is 1. The highest BCUT2D eigenvalue weighted by Crippen LogP contribution is 2.25. The van der Waals surface area contributed by atoms with Crippen molar-refractivity contribution in [2.45, 2.75) is 29.5 Å². The molecule has 3 aromatic rings. The van der Waals surface area contributed by atoms with Crippen molar-refractivity contribution in [2.75, 3.05) is 11.9 Å². The SMILES string of the molecule is O=C(Nc1ccc(SCc2cccnc2)cc1)C1CCCN1C(=O)c1ccccc1. The molecule has 1 saturated heterocycles. The minimum absolute atomic E-state index is 0.0876. The van der Waals surface area contributed by atoms with E-state index in [2.05, 4.69) is 16.4 Å². The monoisotopic (exact) mass is 417 g/mol. The van der Waals surface area contributed by atoms with Crippen LogP contribution in [0.3, 0.4) is 0 Å². The maximum absolute atomic E-state index is 12.8. The molecule has 0 radical (unpaired) electrons. The van der Waals surface area contributed by atoms with Crippen LogP contribution in [-0.2, 0) is 10.5 Å². The van der Waals surface area contributed by atoms with E-state index in [1.807, 2.05) is 54.7 Å². The van der Waals surface area contributed by atoms with Gasteiger partial charge in [0.05, 0.1) is 0 Å². The van der Waals surface area contributed by atoms with E-state index < -0.39 is 6.04 Å². The maximum Gasteiger partial charge on any atom is 0.254 e. The van der Waals surface area contributed by atoms with Crippen molar-refractivity contribution in [1.29, 1.82) is 0 Å². The second-order valence-electron chi connectivity index (χ2n) is 7.19. The number of nitrogens with zero attached hydrogens (tertiary/aromatic N) is 2. The lowest BCUT2D eigenvalue weighted by Crippen LogP contribution is -2.43. The molecule has 1 fully saturated rings. The van der Waals surface area contributed by atoms with Gasteiger partial charge in [0, 0.05) is 40.8 Å². The van der Waals surface area contributed by atoms with E-state index in [1.165, 1.54) is 5.56 Å². The first kappa shape index (κ1) is 20.2. The fraction of sp³-hybridized carbons (Fsp3) is 0.208. The van der Waals surface area contributed by atoms with Crippen LogP contribution in [0.4, 0.5) is 5.69 Å². The summed E-state index contributed by atoms with van der Waals surface area (Å²) in [5.41, 5.74) is 2.53. The number of hydrogen-bond donors (Lipinski definition) is 1. The number of rotatable bonds is 6. The molecule has 0 bridgehead atoms. The second kappa shape index (κ2) is 9.59. The average Bonchev–Trinajstić information content (AvgIpc) is 3.29. The molecule has 1 aliphatic rings. The first-order valence-electron chi connectivity index (χ1n) is 9.99. The third-order valence-corrected chi connectivity index (χ3v) is 6.17. The number of benzene rings is 2. The molecule has 0 aliphatic carbocycles. The molecule has 4 rings (SSSR count). The second-order valence-corrected chi connectivity index (χ2v) is 8.23. The quantitative estimate of drug-likeness (QED) is 0.595. The minimum Gasteiger partial charge on any atom is -0.327 e. The molecule has 152 valence electrons. The van der Waals surface area contributed by atoms with Gasteiger partial charge in [0.25, 0.3) is 5.91 Å². The van der Waals surface area contributed by atoms with Crippen LogP contribution in [-0.4, -0.2) is 34.3 Å². The van der Waals surface area contributed by atoms with Gasteiger partial charge in [-0.15, -0.1) is 11.8 Å². The van der Waals surface area contributed by atoms with Crippen molar-refractivity contribution in [3.63, 3.8) is 0 Å². The highest BCUT2D eigenvalue weighted by atomic mass is 32.2. The molecule has 1 atom stereocenters. The summed E-state index contributed by atoms with van der Waals surface area (Å²) in [7, 11) is 0. The van der Waals surface area contributed by atoms with E-state index in [4.69, 9.17) is 0 Å². The molecular formula is C24H23N3O2S. The Labute approximate surface area is 180 Å². The lowest BCUT2D eigenvalue weighted by molar-refractivity contribution is -0.119. The van der Waals surface area contributed by atoms with Crippen LogP contribution in [0.5, 0.6) is 0 Å². The Kier molecular flexibility index (Phi) is 6.44. The first-order chi connectivity index (χ1) is 14.7. The molecule has 1 aromatic heterocycles. The Morgan fingerprint density at radius 1 is 1.03 bits per heavy atom.